The molecule has 1 aliphatic rings. The SMILES string of the molecule is COC(=O)/C=C1\OCc2ccc(C)cc21. The van der Waals surface area contributed by atoms with E-state index in [0.717, 1.165) is 16.7 Å². The zero-order valence-electron chi connectivity index (χ0n) is 8.74. The van der Waals surface area contributed by atoms with E-state index in [1.165, 1.54) is 13.2 Å². The van der Waals surface area contributed by atoms with Crippen LogP contribution in [0.1, 0.15) is 16.7 Å². The standard InChI is InChI=1S/C12H12O3/c1-8-3-4-9-7-15-11(10(9)5-8)6-12(13)14-2/h3-6H,7H2,1-2H3/b11-6-. The highest BCUT2D eigenvalue weighted by molar-refractivity contribution is 5.90. The van der Waals surface area contributed by atoms with Crippen LogP contribution in [0.25, 0.3) is 5.76 Å². The predicted molar refractivity (Wildman–Crippen MR) is 56.0 cm³/mol. The second-order valence-corrected chi connectivity index (χ2v) is 3.48. The van der Waals surface area contributed by atoms with E-state index in [1.54, 1.807) is 0 Å². The number of hydrogen-bond acceptors (Lipinski definition) is 3. The third-order valence-corrected chi connectivity index (χ3v) is 2.36. The van der Waals surface area contributed by atoms with Gasteiger partial charge in [-0.3, -0.25) is 0 Å². The van der Waals surface area contributed by atoms with Gasteiger partial charge in [0.15, 0.2) is 0 Å². The van der Waals surface area contributed by atoms with Crippen LogP contribution in [-0.2, 0) is 20.9 Å². The first-order valence-electron chi connectivity index (χ1n) is 4.73. The Balaban J connectivity index is 2.39. The molecule has 0 fully saturated rings. The summed E-state index contributed by atoms with van der Waals surface area (Å²) < 4.78 is 9.97. The molecule has 1 aromatic rings. The van der Waals surface area contributed by atoms with E-state index in [0.29, 0.717) is 12.4 Å². The van der Waals surface area contributed by atoms with Gasteiger partial charge in [0.1, 0.15) is 12.4 Å². The van der Waals surface area contributed by atoms with Crippen molar-refractivity contribution in [2.45, 2.75) is 13.5 Å². The second kappa shape index (κ2) is 3.77. The molecule has 15 heavy (non-hydrogen) atoms. The van der Waals surface area contributed by atoms with Crippen molar-refractivity contribution in [1.82, 2.24) is 0 Å². The lowest BCUT2D eigenvalue weighted by molar-refractivity contribution is -0.134. The van der Waals surface area contributed by atoms with Gasteiger partial charge in [-0.25, -0.2) is 4.79 Å². The second-order valence-electron chi connectivity index (χ2n) is 3.48. The number of methoxy groups -OCH3 is 1. The Kier molecular flexibility index (Phi) is 2.46. The quantitative estimate of drug-likeness (QED) is 0.518. The van der Waals surface area contributed by atoms with Crippen molar-refractivity contribution < 1.29 is 14.3 Å². The van der Waals surface area contributed by atoms with Crippen molar-refractivity contribution in [2.75, 3.05) is 7.11 Å². The van der Waals surface area contributed by atoms with Crippen molar-refractivity contribution in [1.29, 1.82) is 0 Å². The van der Waals surface area contributed by atoms with Crippen LogP contribution in [0.4, 0.5) is 0 Å². The molecule has 0 bridgehead atoms. The number of carbonyl (C=O) groups excluding carboxylic acids is 1. The molecule has 0 saturated carbocycles. The minimum Gasteiger partial charge on any atom is -0.488 e. The number of fused-ring (bicyclic) bond motifs is 1. The molecule has 0 aromatic heterocycles. The average Bonchev–Trinajstić information content (AvgIpc) is 2.61. The van der Waals surface area contributed by atoms with Crippen LogP contribution < -0.4 is 0 Å². The highest BCUT2D eigenvalue weighted by Crippen LogP contribution is 2.30. The Hall–Kier alpha value is -1.77. The van der Waals surface area contributed by atoms with Crippen LogP contribution in [0.5, 0.6) is 0 Å². The summed E-state index contributed by atoms with van der Waals surface area (Å²) in [7, 11) is 1.35. The van der Waals surface area contributed by atoms with Gasteiger partial charge in [-0.1, -0.05) is 17.7 Å². The summed E-state index contributed by atoms with van der Waals surface area (Å²) in [6.07, 6.45) is 1.38. The van der Waals surface area contributed by atoms with Gasteiger partial charge in [0.25, 0.3) is 0 Å². The van der Waals surface area contributed by atoms with E-state index in [4.69, 9.17) is 4.74 Å². The highest BCUT2D eigenvalue weighted by atomic mass is 16.5. The molecular weight excluding hydrogens is 192 g/mol. The van der Waals surface area contributed by atoms with Gasteiger partial charge in [0.2, 0.25) is 0 Å². The molecule has 0 unspecified atom stereocenters. The summed E-state index contributed by atoms with van der Waals surface area (Å²) >= 11 is 0. The Morgan fingerprint density at radius 3 is 3.07 bits per heavy atom. The normalized spacial score (nSPS) is 16.0. The number of rotatable bonds is 1. The van der Waals surface area contributed by atoms with Crippen molar-refractivity contribution in [3.8, 4) is 0 Å². The monoisotopic (exact) mass is 204 g/mol. The maximum atomic E-state index is 11.1. The number of aryl methyl sites for hydroxylation is 1. The highest BCUT2D eigenvalue weighted by Gasteiger charge is 2.18. The number of ether oxygens (including phenoxy) is 2. The van der Waals surface area contributed by atoms with E-state index in [9.17, 15) is 4.79 Å². The third kappa shape index (κ3) is 1.86. The van der Waals surface area contributed by atoms with Crippen molar-refractivity contribution in [3.05, 3.63) is 41.0 Å². The van der Waals surface area contributed by atoms with Crippen molar-refractivity contribution in [3.63, 3.8) is 0 Å². The van der Waals surface area contributed by atoms with Gasteiger partial charge in [-0.05, 0) is 13.0 Å². The van der Waals surface area contributed by atoms with Crippen LogP contribution in [0.2, 0.25) is 0 Å². The van der Waals surface area contributed by atoms with E-state index in [1.807, 2.05) is 25.1 Å². The summed E-state index contributed by atoms with van der Waals surface area (Å²) in [5.41, 5.74) is 3.24. The summed E-state index contributed by atoms with van der Waals surface area (Å²) in [6.45, 7) is 2.53. The van der Waals surface area contributed by atoms with Gasteiger partial charge in [-0.2, -0.15) is 0 Å². The van der Waals surface area contributed by atoms with Gasteiger partial charge in [0, 0.05) is 11.1 Å². The first-order valence-corrected chi connectivity index (χ1v) is 4.73. The molecule has 2 rings (SSSR count). The van der Waals surface area contributed by atoms with Gasteiger partial charge < -0.3 is 9.47 Å². The maximum absolute atomic E-state index is 11.1. The fourth-order valence-corrected chi connectivity index (χ4v) is 1.56. The molecule has 0 spiro atoms. The molecule has 3 nitrogen and oxygen atoms in total. The molecule has 1 aliphatic heterocycles. The number of esters is 1. The van der Waals surface area contributed by atoms with E-state index in [-0.39, 0.29) is 5.97 Å². The first kappa shape index (κ1) is 9.77. The predicted octanol–water partition coefficient (Wildman–Crippen LogP) is 2.04. The summed E-state index contributed by atoms with van der Waals surface area (Å²) in [6, 6.07) is 6.06. The Morgan fingerprint density at radius 1 is 1.53 bits per heavy atom. The van der Waals surface area contributed by atoms with Gasteiger partial charge in [0.05, 0.1) is 13.2 Å². The lowest BCUT2D eigenvalue weighted by atomic mass is 10.1. The van der Waals surface area contributed by atoms with E-state index < -0.39 is 0 Å². The van der Waals surface area contributed by atoms with Gasteiger partial charge in [-0.15, -0.1) is 0 Å². The fraction of sp³-hybridized carbons (Fsp3) is 0.250. The average molecular weight is 204 g/mol. The topological polar surface area (TPSA) is 35.5 Å². The number of hydrogen-bond donors (Lipinski definition) is 0. The zero-order chi connectivity index (χ0) is 10.8. The van der Waals surface area contributed by atoms with Crippen LogP contribution in [0.15, 0.2) is 24.3 Å². The Morgan fingerprint density at radius 2 is 2.33 bits per heavy atom. The molecule has 0 saturated heterocycles. The molecule has 3 heteroatoms. The summed E-state index contributed by atoms with van der Waals surface area (Å²) in [4.78, 5) is 11.1. The van der Waals surface area contributed by atoms with E-state index >= 15 is 0 Å². The largest absolute Gasteiger partial charge is 0.488 e. The van der Waals surface area contributed by atoms with Crippen LogP contribution >= 0.6 is 0 Å². The van der Waals surface area contributed by atoms with Crippen LogP contribution in [-0.4, -0.2) is 13.1 Å². The van der Waals surface area contributed by atoms with Crippen LogP contribution in [0, 0.1) is 6.92 Å². The molecule has 0 amide bonds. The molecule has 78 valence electrons. The van der Waals surface area contributed by atoms with Crippen molar-refractivity contribution >= 4 is 11.7 Å². The number of carbonyl (C=O) groups is 1. The molecule has 1 aromatic carbocycles. The molecular formula is C12H12O3. The molecule has 0 radical (unpaired) electrons. The van der Waals surface area contributed by atoms with E-state index in [2.05, 4.69) is 4.74 Å². The fourth-order valence-electron chi connectivity index (χ4n) is 1.56. The van der Waals surface area contributed by atoms with Crippen LogP contribution in [0.3, 0.4) is 0 Å². The summed E-state index contributed by atoms with van der Waals surface area (Å²) in [5, 5.41) is 0. The lowest BCUT2D eigenvalue weighted by Crippen LogP contribution is -1.96. The minimum absolute atomic E-state index is 0.389. The van der Waals surface area contributed by atoms with Crippen molar-refractivity contribution in [2.24, 2.45) is 0 Å². The molecule has 1 heterocycles. The Bertz CT molecular complexity index is 432. The first-order chi connectivity index (χ1) is 7.20. The third-order valence-electron chi connectivity index (χ3n) is 2.36. The maximum Gasteiger partial charge on any atom is 0.334 e. The molecule has 0 atom stereocenters. The molecule has 0 N–H and O–H groups in total. The zero-order valence-corrected chi connectivity index (χ0v) is 8.74. The minimum atomic E-state index is -0.389. The smallest absolute Gasteiger partial charge is 0.334 e. The molecule has 0 aliphatic carbocycles. The summed E-state index contributed by atoms with van der Waals surface area (Å²) in [5.74, 6) is 0.208. The Labute approximate surface area is 88.3 Å². The number of benzene rings is 1. The lowest BCUT2D eigenvalue weighted by Gasteiger charge is -2.00. The van der Waals surface area contributed by atoms with Gasteiger partial charge >= 0.3 is 5.97 Å².